The molecule has 0 fully saturated rings. The van der Waals surface area contributed by atoms with Crippen LogP contribution in [0.25, 0.3) is 107 Å². The molecule has 0 bridgehead atoms. The van der Waals surface area contributed by atoms with Crippen molar-refractivity contribution in [3.8, 4) is 9.92 Å². The Morgan fingerprint density at radius 1 is 0.302 bits per heavy atom. The summed E-state index contributed by atoms with van der Waals surface area (Å²) in [5, 5.41) is 15.4. The van der Waals surface area contributed by atoms with Crippen LogP contribution in [0, 0.1) is 0 Å². The lowest BCUT2D eigenvalue weighted by Gasteiger charge is -2.05. The number of benzene rings is 9. The highest BCUT2D eigenvalue weighted by Gasteiger charge is 2.25. The summed E-state index contributed by atoms with van der Waals surface area (Å²) in [5.41, 5.74) is 3.19. The molecule has 0 amide bonds. The molecule has 0 N–H and O–H groups in total. The van der Waals surface area contributed by atoms with Gasteiger partial charge in [0.05, 0.1) is 0 Å². The van der Waals surface area contributed by atoms with Gasteiger partial charge in [0.1, 0.15) is 32.3 Å². The Kier molecular flexibility index (Phi) is 13.4. The standard InChI is InChI=1S/C48H28O4P2S.4C2H6/c1-5-15-33-29(11-1)21-25-38-43(33)44-34-16-6-2-12-30(34)22-26-39(44)50-53(49-38)47-37-19-9-10-20-42(37)55-48(47)54-51-40-27-23-31-13-3-7-17-35(31)45(40)46-36-18-8-4-14-32(36)24-28-41(46)52-54;4*1-2/h1-28H;4*1-2H3. The highest BCUT2D eigenvalue weighted by molar-refractivity contribution is 7.61. The Labute approximate surface area is 374 Å². The van der Waals surface area contributed by atoms with Crippen molar-refractivity contribution in [1.82, 2.24) is 0 Å². The Bertz CT molecular complexity index is 3440. The van der Waals surface area contributed by atoms with Gasteiger partial charge < -0.3 is 16.8 Å². The van der Waals surface area contributed by atoms with Gasteiger partial charge in [0.25, 0.3) is 16.0 Å². The Morgan fingerprint density at radius 3 is 0.937 bits per heavy atom. The van der Waals surface area contributed by atoms with Gasteiger partial charge >= 0.3 is 0 Å². The zero-order valence-electron chi connectivity index (χ0n) is 37.1. The molecular weight excluding hydrogens is 831 g/mol. The zero-order valence-corrected chi connectivity index (χ0v) is 39.7. The topological polar surface area (TPSA) is 52.6 Å². The van der Waals surface area contributed by atoms with E-state index in [9.17, 15) is 0 Å². The van der Waals surface area contributed by atoms with Gasteiger partial charge in [0, 0.05) is 31.6 Å². The molecule has 0 radical (unpaired) electrons. The third-order valence-corrected chi connectivity index (χ3v) is 15.5. The Hall–Kier alpha value is -6.22. The van der Waals surface area contributed by atoms with Gasteiger partial charge in [0.15, 0.2) is 0 Å². The number of fused-ring (bicyclic) bond motifs is 15. The highest BCUT2D eigenvalue weighted by Crippen LogP contribution is 2.61. The summed E-state index contributed by atoms with van der Waals surface area (Å²) in [6.45, 7) is 16.0. The Morgan fingerprint density at radius 2 is 0.587 bits per heavy atom. The van der Waals surface area contributed by atoms with E-state index >= 15 is 0 Å². The summed E-state index contributed by atoms with van der Waals surface area (Å²) in [6, 6.07) is 59.6. The van der Waals surface area contributed by atoms with Crippen LogP contribution < -0.4 is 0 Å². The van der Waals surface area contributed by atoms with Crippen LogP contribution in [0.3, 0.4) is 0 Å². The Balaban J connectivity index is 0.000000647. The van der Waals surface area contributed by atoms with Crippen molar-refractivity contribution in [2.24, 2.45) is 0 Å². The van der Waals surface area contributed by atoms with E-state index in [0.29, 0.717) is 0 Å². The van der Waals surface area contributed by atoms with Crippen LogP contribution in [0.15, 0.2) is 187 Å². The van der Waals surface area contributed by atoms with Crippen molar-refractivity contribution in [3.63, 3.8) is 0 Å². The molecule has 0 unspecified atom stereocenters. The van der Waals surface area contributed by atoms with Crippen LogP contribution in [0.5, 0.6) is 0 Å². The summed E-state index contributed by atoms with van der Waals surface area (Å²) in [6.07, 6.45) is 0. The predicted octanol–water partition coefficient (Wildman–Crippen LogP) is 20.8. The maximum absolute atomic E-state index is 7.21. The quantitative estimate of drug-likeness (QED) is 0.174. The van der Waals surface area contributed by atoms with Crippen molar-refractivity contribution in [3.05, 3.63) is 170 Å². The third kappa shape index (κ3) is 7.70. The van der Waals surface area contributed by atoms with Crippen molar-refractivity contribution in [2.45, 2.75) is 55.4 Å². The second kappa shape index (κ2) is 19.4. The molecular formula is C56H52O4P2S. The minimum Gasteiger partial charge on any atom is -0.416 e. The van der Waals surface area contributed by atoms with Crippen LogP contribution in [0.4, 0.5) is 0 Å². The van der Waals surface area contributed by atoms with E-state index in [0.717, 1.165) is 107 Å². The van der Waals surface area contributed by atoms with Crippen LogP contribution in [-0.4, -0.2) is 0 Å². The molecule has 0 aliphatic rings. The molecule has 9 aromatic carbocycles. The molecule has 0 saturated heterocycles. The lowest BCUT2D eigenvalue weighted by atomic mass is 9.99. The summed E-state index contributed by atoms with van der Waals surface area (Å²) in [7, 11) is -3.41. The molecule has 0 atom stereocenters. The number of thiophene rings is 1. The summed E-state index contributed by atoms with van der Waals surface area (Å²) < 4.78 is 30.9. The smallest absolute Gasteiger partial charge is 0.264 e. The molecule has 63 heavy (non-hydrogen) atoms. The molecule has 0 saturated carbocycles. The summed E-state index contributed by atoms with van der Waals surface area (Å²) in [5.74, 6) is 0. The fourth-order valence-corrected chi connectivity index (χ4v) is 13.4. The van der Waals surface area contributed by atoms with E-state index < -0.39 is 16.0 Å². The van der Waals surface area contributed by atoms with Gasteiger partial charge in [-0.15, -0.1) is 11.3 Å². The first-order valence-corrected chi connectivity index (χ1v) is 25.4. The van der Waals surface area contributed by atoms with E-state index in [1.54, 1.807) is 11.3 Å². The molecule has 4 nitrogen and oxygen atoms in total. The predicted molar refractivity (Wildman–Crippen MR) is 280 cm³/mol. The lowest BCUT2D eigenvalue weighted by Crippen LogP contribution is -1.79. The number of hydrogen-bond acceptors (Lipinski definition) is 5. The monoisotopic (exact) mass is 882 g/mol. The van der Waals surface area contributed by atoms with Gasteiger partial charge in [-0.3, -0.25) is 0 Å². The molecule has 7 heteroatoms. The summed E-state index contributed by atoms with van der Waals surface area (Å²) >= 11 is 1.70. The van der Waals surface area contributed by atoms with Crippen LogP contribution in [-0.2, 0) is 0 Å². The number of hydrogen-bond donors (Lipinski definition) is 0. The second-order valence-electron chi connectivity index (χ2n) is 13.8. The second-order valence-corrected chi connectivity index (χ2v) is 17.8. The fraction of sp³-hybridized carbons (Fsp3) is 0.143. The first-order chi connectivity index (χ1) is 31.3. The summed E-state index contributed by atoms with van der Waals surface area (Å²) in [4.78, 5) is 0. The van der Waals surface area contributed by atoms with Gasteiger partial charge in [-0.2, -0.15) is 0 Å². The van der Waals surface area contributed by atoms with E-state index in [-0.39, 0.29) is 0 Å². The van der Waals surface area contributed by atoms with Crippen molar-refractivity contribution in [2.75, 3.05) is 0 Å². The molecule has 316 valence electrons. The third-order valence-electron chi connectivity index (χ3n) is 10.7. The number of rotatable bonds is 2. The van der Waals surface area contributed by atoms with E-state index in [4.69, 9.17) is 16.8 Å². The average Bonchev–Trinajstić information content (AvgIpc) is 3.54. The molecule has 12 rings (SSSR count). The maximum atomic E-state index is 7.21. The van der Waals surface area contributed by atoms with Gasteiger partial charge in [-0.05, 0) is 73.4 Å². The molecule has 12 aromatic rings. The minimum atomic E-state index is -1.72. The van der Waals surface area contributed by atoms with Crippen molar-refractivity contribution < 1.29 is 16.8 Å². The van der Waals surface area contributed by atoms with Gasteiger partial charge in [0.2, 0.25) is 0 Å². The first-order valence-electron chi connectivity index (χ1n) is 22.2. The minimum absolute atomic E-state index is 0.797. The van der Waals surface area contributed by atoms with E-state index in [1.807, 2.05) is 55.4 Å². The fourth-order valence-electron chi connectivity index (χ4n) is 8.23. The van der Waals surface area contributed by atoms with Gasteiger partial charge in [-0.1, -0.05) is 195 Å². The van der Waals surface area contributed by atoms with Crippen LogP contribution in [0.2, 0.25) is 0 Å². The highest BCUT2D eigenvalue weighted by atomic mass is 32.1. The molecule has 3 heterocycles. The van der Waals surface area contributed by atoms with Crippen molar-refractivity contribution >= 4 is 124 Å². The zero-order chi connectivity index (χ0) is 44.0. The van der Waals surface area contributed by atoms with Crippen LogP contribution in [0.1, 0.15) is 55.4 Å². The first kappa shape index (κ1) is 43.4. The van der Waals surface area contributed by atoms with Crippen molar-refractivity contribution in [1.29, 1.82) is 0 Å². The maximum Gasteiger partial charge on any atom is 0.264 e. The largest absolute Gasteiger partial charge is 0.416 e. The lowest BCUT2D eigenvalue weighted by molar-refractivity contribution is 0.648. The average molecular weight is 883 g/mol. The molecule has 0 aliphatic heterocycles. The van der Waals surface area contributed by atoms with Crippen LogP contribution >= 0.6 is 27.4 Å². The molecule has 0 aliphatic carbocycles. The molecule has 0 spiro atoms. The van der Waals surface area contributed by atoms with E-state index in [2.05, 4.69) is 170 Å². The SMILES string of the molecule is CC.CC.CC.CC.c1ccc2c(c1)ccc1op(-c3sc4ccccc4c3-p3oc4ccc5ccccc5c4c4c(ccc5ccccc54)o3)oc3ccc4ccccc4c3c12. The normalized spacial score (nSPS) is 10.9. The molecule has 3 aromatic heterocycles. The van der Waals surface area contributed by atoms with Gasteiger partial charge in [-0.25, -0.2) is 0 Å². The van der Waals surface area contributed by atoms with E-state index in [1.165, 1.54) is 0 Å².